The fourth-order valence-corrected chi connectivity index (χ4v) is 4.96. The molecule has 37 heavy (non-hydrogen) atoms. The van der Waals surface area contributed by atoms with E-state index in [0.717, 1.165) is 37.4 Å². The molecule has 7 heteroatoms. The molecule has 1 aromatic heterocycles. The van der Waals surface area contributed by atoms with Crippen LogP contribution >= 0.6 is 0 Å². The molecule has 0 unspecified atom stereocenters. The van der Waals surface area contributed by atoms with Crippen LogP contribution in [-0.2, 0) is 22.6 Å². The van der Waals surface area contributed by atoms with E-state index in [2.05, 4.69) is 39.5 Å². The SMILES string of the molecule is CCC(=O)N(Cc1ccncc1)C1(C(=O)Nc2ccc(OC)cc2)CCN(CCc2ccccc2)CC1. The molecule has 1 N–H and O–H groups in total. The Bertz CT molecular complexity index is 1140. The normalized spacial score (nSPS) is 15.1. The van der Waals surface area contributed by atoms with E-state index in [9.17, 15) is 9.59 Å². The largest absolute Gasteiger partial charge is 0.497 e. The Morgan fingerprint density at radius 2 is 1.65 bits per heavy atom. The molecule has 4 rings (SSSR count). The van der Waals surface area contributed by atoms with Crippen LogP contribution in [0.3, 0.4) is 0 Å². The first-order valence-electron chi connectivity index (χ1n) is 13.0. The van der Waals surface area contributed by atoms with Crippen LogP contribution in [0.5, 0.6) is 5.75 Å². The number of carbonyl (C=O) groups is 2. The lowest BCUT2D eigenvalue weighted by atomic mass is 9.83. The van der Waals surface area contributed by atoms with Crippen LogP contribution < -0.4 is 10.1 Å². The van der Waals surface area contributed by atoms with Crippen molar-refractivity contribution < 1.29 is 14.3 Å². The molecular weight excluding hydrogens is 464 g/mol. The quantitative estimate of drug-likeness (QED) is 0.442. The van der Waals surface area contributed by atoms with Crippen molar-refractivity contribution in [2.24, 2.45) is 0 Å². The maximum atomic E-state index is 14.0. The summed E-state index contributed by atoms with van der Waals surface area (Å²) in [6, 6.07) is 21.5. The van der Waals surface area contributed by atoms with Crippen molar-refractivity contribution in [1.29, 1.82) is 0 Å². The molecule has 2 amide bonds. The number of aromatic nitrogens is 1. The van der Waals surface area contributed by atoms with Gasteiger partial charge in [-0.15, -0.1) is 0 Å². The first-order valence-corrected chi connectivity index (χ1v) is 13.0. The van der Waals surface area contributed by atoms with E-state index in [1.54, 1.807) is 24.4 Å². The molecule has 1 fully saturated rings. The van der Waals surface area contributed by atoms with E-state index < -0.39 is 5.54 Å². The minimum atomic E-state index is -0.945. The summed E-state index contributed by atoms with van der Waals surface area (Å²) in [6.45, 7) is 4.63. The number of anilines is 1. The zero-order valence-electron chi connectivity index (χ0n) is 21.7. The van der Waals surface area contributed by atoms with Gasteiger partial charge in [0.2, 0.25) is 11.8 Å². The fourth-order valence-electron chi connectivity index (χ4n) is 4.96. The van der Waals surface area contributed by atoms with Gasteiger partial charge in [0.05, 0.1) is 7.11 Å². The number of amides is 2. The summed E-state index contributed by atoms with van der Waals surface area (Å²) in [5, 5.41) is 3.10. The summed E-state index contributed by atoms with van der Waals surface area (Å²) >= 11 is 0. The van der Waals surface area contributed by atoms with Crippen molar-refractivity contribution >= 4 is 17.5 Å². The smallest absolute Gasteiger partial charge is 0.250 e. The van der Waals surface area contributed by atoms with Crippen molar-refractivity contribution in [2.45, 2.75) is 44.7 Å². The third-order valence-corrected chi connectivity index (χ3v) is 7.22. The Balaban J connectivity index is 1.57. The van der Waals surface area contributed by atoms with E-state index in [-0.39, 0.29) is 11.8 Å². The highest BCUT2D eigenvalue weighted by Gasteiger charge is 2.48. The molecule has 0 aliphatic carbocycles. The van der Waals surface area contributed by atoms with Gasteiger partial charge in [0.15, 0.2) is 0 Å². The number of piperidine rings is 1. The maximum absolute atomic E-state index is 14.0. The van der Waals surface area contributed by atoms with Crippen molar-refractivity contribution in [3.8, 4) is 5.75 Å². The molecule has 1 saturated heterocycles. The Labute approximate surface area is 219 Å². The van der Waals surface area contributed by atoms with Gasteiger partial charge in [0.1, 0.15) is 11.3 Å². The summed E-state index contributed by atoms with van der Waals surface area (Å²) in [5.74, 6) is 0.551. The standard InChI is InChI=1S/C30H36N4O3/c1-3-28(35)34(23-25-13-18-31-19-14-25)30(29(36)32-26-9-11-27(37-2)12-10-26)16-21-33(22-17-30)20-15-24-7-5-4-6-8-24/h4-14,18-19H,3,15-17,20-23H2,1-2H3,(H,32,36). The molecule has 0 radical (unpaired) electrons. The molecule has 194 valence electrons. The molecule has 3 aromatic rings. The summed E-state index contributed by atoms with van der Waals surface area (Å²) in [6.07, 6.45) is 5.88. The molecule has 1 aliphatic heterocycles. The number of benzene rings is 2. The molecule has 0 bridgehead atoms. The van der Waals surface area contributed by atoms with Gasteiger partial charge in [-0.25, -0.2) is 0 Å². The van der Waals surface area contributed by atoms with Crippen LogP contribution in [0.4, 0.5) is 5.69 Å². The fraction of sp³-hybridized carbons (Fsp3) is 0.367. The Kier molecular flexibility index (Phi) is 8.90. The number of likely N-dealkylation sites (tertiary alicyclic amines) is 1. The van der Waals surface area contributed by atoms with E-state index in [0.29, 0.717) is 31.5 Å². The molecule has 0 spiro atoms. The van der Waals surface area contributed by atoms with E-state index in [4.69, 9.17) is 4.74 Å². The van der Waals surface area contributed by atoms with Gasteiger partial charge in [0, 0.05) is 50.7 Å². The van der Waals surface area contributed by atoms with Crippen LogP contribution in [0.25, 0.3) is 0 Å². The molecule has 1 aliphatic rings. The predicted molar refractivity (Wildman–Crippen MR) is 145 cm³/mol. The van der Waals surface area contributed by atoms with E-state index in [1.165, 1.54) is 5.56 Å². The van der Waals surface area contributed by atoms with Crippen molar-refractivity contribution in [2.75, 3.05) is 32.1 Å². The lowest BCUT2D eigenvalue weighted by molar-refractivity contribution is -0.149. The number of rotatable bonds is 10. The topological polar surface area (TPSA) is 74.8 Å². The molecule has 7 nitrogen and oxygen atoms in total. The first kappa shape index (κ1) is 26.4. The van der Waals surface area contributed by atoms with E-state index in [1.807, 2.05) is 49.4 Å². The van der Waals surface area contributed by atoms with E-state index >= 15 is 0 Å². The Morgan fingerprint density at radius 3 is 2.27 bits per heavy atom. The summed E-state index contributed by atoms with van der Waals surface area (Å²) in [5.41, 5.74) is 2.00. The van der Waals surface area contributed by atoms with Gasteiger partial charge in [0.25, 0.3) is 0 Å². The minimum absolute atomic E-state index is 0.0283. The number of methoxy groups -OCH3 is 1. The second kappa shape index (κ2) is 12.5. The lowest BCUT2D eigenvalue weighted by Gasteiger charge is -2.47. The molecule has 2 heterocycles. The summed E-state index contributed by atoms with van der Waals surface area (Å²) in [4.78, 5) is 35.7. The van der Waals surface area contributed by atoms with Crippen LogP contribution in [0, 0.1) is 0 Å². The summed E-state index contributed by atoms with van der Waals surface area (Å²) < 4.78 is 5.25. The zero-order valence-corrected chi connectivity index (χ0v) is 21.7. The van der Waals surface area contributed by atoms with Crippen molar-refractivity contribution in [1.82, 2.24) is 14.8 Å². The van der Waals surface area contributed by atoms with Gasteiger partial charge in [-0.05, 0) is 66.8 Å². The van der Waals surface area contributed by atoms with Crippen LogP contribution in [0.1, 0.15) is 37.3 Å². The zero-order chi connectivity index (χ0) is 26.1. The average Bonchev–Trinajstić information content (AvgIpc) is 2.96. The highest BCUT2D eigenvalue weighted by atomic mass is 16.5. The van der Waals surface area contributed by atoms with Gasteiger partial charge >= 0.3 is 0 Å². The second-order valence-corrected chi connectivity index (χ2v) is 9.48. The molecular formula is C30H36N4O3. The monoisotopic (exact) mass is 500 g/mol. The Hall–Kier alpha value is -3.71. The van der Waals surface area contributed by atoms with Gasteiger partial charge < -0.3 is 19.9 Å². The number of pyridine rings is 1. The molecule has 0 atom stereocenters. The van der Waals surface area contributed by atoms with Gasteiger partial charge in [-0.1, -0.05) is 37.3 Å². The minimum Gasteiger partial charge on any atom is -0.497 e. The maximum Gasteiger partial charge on any atom is 0.250 e. The van der Waals surface area contributed by atoms with Crippen LogP contribution in [0.2, 0.25) is 0 Å². The van der Waals surface area contributed by atoms with Crippen molar-refractivity contribution in [3.63, 3.8) is 0 Å². The average molecular weight is 501 g/mol. The van der Waals surface area contributed by atoms with Gasteiger partial charge in [-0.3, -0.25) is 14.6 Å². The first-order chi connectivity index (χ1) is 18.0. The predicted octanol–water partition coefficient (Wildman–Crippen LogP) is 4.54. The number of hydrogen-bond donors (Lipinski definition) is 1. The number of nitrogens with one attached hydrogen (secondary N) is 1. The van der Waals surface area contributed by atoms with Gasteiger partial charge in [-0.2, -0.15) is 0 Å². The number of carbonyl (C=O) groups excluding carboxylic acids is 2. The highest BCUT2D eigenvalue weighted by Crippen LogP contribution is 2.33. The Morgan fingerprint density at radius 1 is 0.973 bits per heavy atom. The lowest BCUT2D eigenvalue weighted by Crippen LogP contribution is -2.63. The molecule has 2 aromatic carbocycles. The van der Waals surface area contributed by atoms with Crippen molar-refractivity contribution in [3.05, 3.63) is 90.3 Å². The third kappa shape index (κ3) is 6.54. The highest BCUT2D eigenvalue weighted by molar-refractivity contribution is 6.00. The van der Waals surface area contributed by atoms with Crippen LogP contribution in [0.15, 0.2) is 79.1 Å². The van der Waals surface area contributed by atoms with Crippen LogP contribution in [-0.4, -0.2) is 58.9 Å². The number of nitrogens with zero attached hydrogens (tertiary/aromatic N) is 3. The summed E-state index contributed by atoms with van der Waals surface area (Å²) in [7, 11) is 1.61. The molecule has 0 saturated carbocycles. The third-order valence-electron chi connectivity index (χ3n) is 7.22. The number of ether oxygens (including phenoxy) is 1. The second-order valence-electron chi connectivity index (χ2n) is 9.48. The number of hydrogen-bond acceptors (Lipinski definition) is 5.